The Morgan fingerprint density at radius 2 is 2.00 bits per heavy atom. The molecule has 0 heterocycles. The second kappa shape index (κ2) is 8.44. The Bertz CT molecular complexity index is 291. The van der Waals surface area contributed by atoms with Crippen LogP contribution in [0.25, 0.3) is 0 Å². The highest BCUT2D eigenvalue weighted by Gasteiger charge is 1.99. The maximum Gasteiger partial charge on any atom is 0.129 e. The number of thioether (sulfide) groups is 1. The second-order valence-electron chi connectivity index (χ2n) is 3.27. The SMILES string of the molecule is COCCOCCCSc1ccccc1O. The van der Waals surface area contributed by atoms with Crippen molar-refractivity contribution in [3.8, 4) is 5.75 Å². The Hall–Kier alpha value is -0.710. The van der Waals surface area contributed by atoms with Gasteiger partial charge in [-0.2, -0.15) is 0 Å². The van der Waals surface area contributed by atoms with Gasteiger partial charge in [0.25, 0.3) is 0 Å². The van der Waals surface area contributed by atoms with Gasteiger partial charge in [0.05, 0.1) is 13.2 Å². The van der Waals surface area contributed by atoms with Crippen LogP contribution in [0.4, 0.5) is 0 Å². The van der Waals surface area contributed by atoms with Crippen LogP contribution in [-0.4, -0.2) is 37.8 Å². The molecule has 0 unspecified atom stereocenters. The summed E-state index contributed by atoms with van der Waals surface area (Å²) in [7, 11) is 1.66. The average Bonchev–Trinajstić information content (AvgIpc) is 2.30. The summed E-state index contributed by atoms with van der Waals surface area (Å²) in [6.07, 6.45) is 0.975. The van der Waals surface area contributed by atoms with Gasteiger partial charge in [-0.15, -0.1) is 11.8 Å². The number of methoxy groups -OCH3 is 1. The summed E-state index contributed by atoms with van der Waals surface area (Å²) in [5, 5.41) is 9.51. The number of phenolic OH excluding ortho intramolecular Hbond substituents is 1. The normalized spacial score (nSPS) is 10.6. The number of para-hydroxylation sites is 1. The van der Waals surface area contributed by atoms with Crippen molar-refractivity contribution in [3.05, 3.63) is 24.3 Å². The number of ether oxygens (including phenoxy) is 2. The van der Waals surface area contributed by atoms with Gasteiger partial charge in [-0.1, -0.05) is 12.1 Å². The Morgan fingerprint density at radius 3 is 2.75 bits per heavy atom. The molecule has 0 fully saturated rings. The van der Waals surface area contributed by atoms with Crippen LogP contribution in [0.5, 0.6) is 5.75 Å². The van der Waals surface area contributed by atoms with E-state index in [2.05, 4.69) is 0 Å². The van der Waals surface area contributed by atoms with E-state index < -0.39 is 0 Å². The molecule has 0 aliphatic rings. The molecular weight excluding hydrogens is 224 g/mol. The average molecular weight is 242 g/mol. The zero-order valence-electron chi connectivity index (χ0n) is 9.52. The van der Waals surface area contributed by atoms with E-state index in [1.165, 1.54) is 0 Å². The Labute approximate surface area is 101 Å². The van der Waals surface area contributed by atoms with Gasteiger partial charge in [0, 0.05) is 24.4 Å². The van der Waals surface area contributed by atoms with Crippen molar-refractivity contribution in [2.24, 2.45) is 0 Å². The first-order valence-electron chi connectivity index (χ1n) is 5.32. The second-order valence-corrected chi connectivity index (χ2v) is 4.41. The molecule has 0 atom stereocenters. The Kier molecular flexibility index (Phi) is 7.05. The van der Waals surface area contributed by atoms with Crippen LogP contribution in [0.15, 0.2) is 29.2 Å². The van der Waals surface area contributed by atoms with Crippen LogP contribution < -0.4 is 0 Å². The summed E-state index contributed by atoms with van der Waals surface area (Å²) in [6, 6.07) is 7.38. The molecule has 16 heavy (non-hydrogen) atoms. The number of aromatic hydroxyl groups is 1. The fourth-order valence-electron chi connectivity index (χ4n) is 1.17. The molecule has 0 saturated carbocycles. The monoisotopic (exact) mass is 242 g/mol. The first-order chi connectivity index (χ1) is 7.84. The molecule has 90 valence electrons. The minimum Gasteiger partial charge on any atom is -0.507 e. The highest BCUT2D eigenvalue weighted by atomic mass is 32.2. The fraction of sp³-hybridized carbons (Fsp3) is 0.500. The fourth-order valence-corrected chi connectivity index (χ4v) is 2.04. The van der Waals surface area contributed by atoms with E-state index >= 15 is 0 Å². The van der Waals surface area contributed by atoms with Gasteiger partial charge in [-0.25, -0.2) is 0 Å². The highest BCUT2D eigenvalue weighted by molar-refractivity contribution is 7.99. The predicted octanol–water partition coefficient (Wildman–Crippen LogP) is 2.54. The molecule has 0 bridgehead atoms. The number of hydrogen-bond acceptors (Lipinski definition) is 4. The Morgan fingerprint density at radius 1 is 1.19 bits per heavy atom. The summed E-state index contributed by atoms with van der Waals surface area (Å²) in [5.74, 6) is 1.30. The summed E-state index contributed by atoms with van der Waals surface area (Å²) in [6.45, 7) is 2.04. The smallest absolute Gasteiger partial charge is 0.129 e. The van der Waals surface area contributed by atoms with Gasteiger partial charge < -0.3 is 14.6 Å². The van der Waals surface area contributed by atoms with Crippen molar-refractivity contribution in [1.82, 2.24) is 0 Å². The van der Waals surface area contributed by atoms with Crippen molar-refractivity contribution >= 4 is 11.8 Å². The Balaban J connectivity index is 2.05. The zero-order valence-corrected chi connectivity index (χ0v) is 10.3. The predicted molar refractivity (Wildman–Crippen MR) is 66.1 cm³/mol. The van der Waals surface area contributed by atoms with Crippen molar-refractivity contribution in [2.45, 2.75) is 11.3 Å². The van der Waals surface area contributed by atoms with Crippen molar-refractivity contribution in [3.63, 3.8) is 0 Å². The standard InChI is InChI=1S/C12H18O3S/c1-14-8-9-15-7-4-10-16-12-6-3-2-5-11(12)13/h2-3,5-6,13H,4,7-10H2,1H3. The van der Waals surface area contributed by atoms with Gasteiger partial charge in [-0.3, -0.25) is 0 Å². The summed E-state index contributed by atoms with van der Waals surface area (Å²) < 4.78 is 10.2. The first kappa shape index (κ1) is 13.4. The van der Waals surface area contributed by atoms with Crippen molar-refractivity contribution < 1.29 is 14.6 Å². The molecule has 0 aliphatic carbocycles. The van der Waals surface area contributed by atoms with E-state index in [1.807, 2.05) is 18.2 Å². The zero-order chi connectivity index (χ0) is 11.6. The van der Waals surface area contributed by atoms with Crippen molar-refractivity contribution in [1.29, 1.82) is 0 Å². The van der Waals surface area contributed by atoms with Gasteiger partial charge in [0.15, 0.2) is 0 Å². The molecule has 1 N–H and O–H groups in total. The van der Waals surface area contributed by atoms with Crippen LogP contribution in [-0.2, 0) is 9.47 Å². The van der Waals surface area contributed by atoms with E-state index in [4.69, 9.17) is 9.47 Å². The lowest BCUT2D eigenvalue weighted by Crippen LogP contribution is -2.03. The van der Waals surface area contributed by atoms with Gasteiger partial charge >= 0.3 is 0 Å². The minimum absolute atomic E-state index is 0.354. The first-order valence-corrected chi connectivity index (χ1v) is 6.30. The molecule has 0 spiro atoms. The van der Waals surface area contributed by atoms with Crippen LogP contribution in [0.1, 0.15) is 6.42 Å². The third-order valence-corrected chi connectivity index (χ3v) is 3.14. The van der Waals surface area contributed by atoms with Crippen molar-refractivity contribution in [2.75, 3.05) is 32.7 Å². The van der Waals surface area contributed by atoms with Crippen LogP contribution in [0, 0.1) is 0 Å². The summed E-state index contributed by atoms with van der Waals surface area (Å²) >= 11 is 1.65. The van der Waals surface area contributed by atoms with E-state index in [-0.39, 0.29) is 0 Å². The van der Waals surface area contributed by atoms with Crippen LogP contribution in [0.3, 0.4) is 0 Å². The molecular formula is C12H18O3S. The summed E-state index contributed by atoms with van der Waals surface area (Å²) in [5.41, 5.74) is 0. The molecule has 1 aromatic carbocycles. The molecule has 1 aromatic rings. The number of hydrogen-bond donors (Lipinski definition) is 1. The molecule has 0 aromatic heterocycles. The molecule has 0 saturated heterocycles. The third-order valence-electron chi connectivity index (χ3n) is 1.99. The van der Waals surface area contributed by atoms with E-state index in [9.17, 15) is 5.11 Å². The minimum atomic E-state index is 0.354. The molecule has 0 aliphatic heterocycles. The van der Waals surface area contributed by atoms with E-state index in [0.29, 0.717) is 19.0 Å². The van der Waals surface area contributed by atoms with Gasteiger partial charge in [0.2, 0.25) is 0 Å². The maximum atomic E-state index is 9.51. The maximum absolute atomic E-state index is 9.51. The third kappa shape index (κ3) is 5.39. The quantitative estimate of drug-likeness (QED) is 0.561. The molecule has 0 amide bonds. The molecule has 4 heteroatoms. The van der Waals surface area contributed by atoms with Gasteiger partial charge in [0.1, 0.15) is 5.75 Å². The molecule has 3 nitrogen and oxygen atoms in total. The topological polar surface area (TPSA) is 38.7 Å². The van der Waals surface area contributed by atoms with Crippen LogP contribution >= 0.6 is 11.8 Å². The van der Waals surface area contributed by atoms with E-state index in [1.54, 1.807) is 24.9 Å². The van der Waals surface area contributed by atoms with Gasteiger partial charge in [-0.05, 0) is 18.6 Å². The molecule has 1 rings (SSSR count). The number of rotatable bonds is 8. The lowest BCUT2D eigenvalue weighted by atomic mass is 10.3. The summed E-state index contributed by atoms with van der Waals surface area (Å²) in [4.78, 5) is 0.930. The largest absolute Gasteiger partial charge is 0.507 e. The lowest BCUT2D eigenvalue weighted by molar-refractivity contribution is 0.0713. The van der Waals surface area contributed by atoms with Crippen LogP contribution in [0.2, 0.25) is 0 Å². The number of phenols is 1. The highest BCUT2D eigenvalue weighted by Crippen LogP contribution is 2.27. The lowest BCUT2D eigenvalue weighted by Gasteiger charge is -2.05. The van der Waals surface area contributed by atoms with E-state index in [0.717, 1.165) is 23.7 Å². The number of benzene rings is 1. The molecule has 0 radical (unpaired) electrons.